The van der Waals surface area contributed by atoms with Crippen molar-refractivity contribution in [3.63, 3.8) is 0 Å². The summed E-state index contributed by atoms with van der Waals surface area (Å²) in [6.45, 7) is 4.54. The van der Waals surface area contributed by atoms with Crippen LogP contribution in [-0.4, -0.2) is 21.7 Å². The second-order valence-electron chi connectivity index (χ2n) is 10.2. The molecule has 6 aromatic rings. The zero-order chi connectivity index (χ0) is 29.8. The van der Waals surface area contributed by atoms with Gasteiger partial charge in [0.15, 0.2) is 0 Å². The molecule has 212 valence electrons. The molecule has 7 heteroatoms. The molecule has 0 bridgehead atoms. The molecule has 1 amide bonds. The van der Waals surface area contributed by atoms with Gasteiger partial charge in [-0.3, -0.25) is 4.79 Å². The first-order valence-electron chi connectivity index (χ1n) is 13.9. The number of fused-ring (bicyclic) bond motifs is 1. The van der Waals surface area contributed by atoms with Crippen LogP contribution in [0.15, 0.2) is 120 Å². The zero-order valence-electron chi connectivity index (χ0n) is 23.8. The maximum Gasteiger partial charge on any atom is 0.272 e. The first kappa shape index (κ1) is 27.9. The van der Waals surface area contributed by atoms with Gasteiger partial charge >= 0.3 is 0 Å². The molecule has 0 aliphatic carbocycles. The zero-order valence-corrected chi connectivity index (χ0v) is 24.5. The van der Waals surface area contributed by atoms with E-state index in [1.807, 2.05) is 129 Å². The topological polar surface area (TPSA) is 68.5 Å². The third-order valence-corrected chi connectivity index (χ3v) is 7.54. The number of hydrogen-bond donors (Lipinski definition) is 1. The standard InChI is InChI=1S/C36H29ClN4O2/c1-24-20-28(25(2)41(24)30-16-18-31(19-17-30)43-23-26-12-14-29(37)15-13-26)22-38-40-36(42)33-21-35(27-8-4-3-5-9-27)39-34-11-7-6-10-32(33)34/h3-22H,23H2,1-2H3,(H,40,42)/b38-22-. The van der Waals surface area contributed by atoms with Crippen molar-refractivity contribution in [3.8, 4) is 22.7 Å². The molecule has 2 heterocycles. The highest BCUT2D eigenvalue weighted by molar-refractivity contribution is 6.30. The fraction of sp³-hybridized carbons (Fsp3) is 0.0833. The number of aryl methyl sites for hydroxylation is 1. The largest absolute Gasteiger partial charge is 0.489 e. The lowest BCUT2D eigenvalue weighted by Crippen LogP contribution is -2.18. The van der Waals surface area contributed by atoms with Crippen molar-refractivity contribution in [2.75, 3.05) is 0 Å². The van der Waals surface area contributed by atoms with Gasteiger partial charge in [0, 0.05) is 38.6 Å². The number of hydrazone groups is 1. The molecular formula is C36H29ClN4O2. The van der Waals surface area contributed by atoms with Gasteiger partial charge in [-0.1, -0.05) is 72.3 Å². The summed E-state index contributed by atoms with van der Waals surface area (Å²) in [5.74, 6) is 0.486. The number of ether oxygens (including phenoxy) is 1. The number of aromatic nitrogens is 2. The summed E-state index contributed by atoms with van der Waals surface area (Å²) in [6.07, 6.45) is 1.68. The molecule has 0 saturated heterocycles. The van der Waals surface area contributed by atoms with E-state index in [1.165, 1.54) is 0 Å². The van der Waals surface area contributed by atoms with Crippen LogP contribution >= 0.6 is 11.6 Å². The van der Waals surface area contributed by atoms with Gasteiger partial charge in [-0.05, 0) is 74.0 Å². The number of pyridine rings is 1. The normalized spacial score (nSPS) is 11.2. The lowest BCUT2D eigenvalue weighted by Gasteiger charge is -2.11. The molecule has 0 fully saturated rings. The van der Waals surface area contributed by atoms with Crippen molar-refractivity contribution in [1.82, 2.24) is 15.0 Å². The van der Waals surface area contributed by atoms with Gasteiger partial charge in [0.1, 0.15) is 12.4 Å². The van der Waals surface area contributed by atoms with Gasteiger partial charge in [-0.2, -0.15) is 5.10 Å². The summed E-state index contributed by atoms with van der Waals surface area (Å²) in [4.78, 5) is 18.1. The monoisotopic (exact) mass is 584 g/mol. The van der Waals surface area contributed by atoms with Crippen LogP contribution in [0.2, 0.25) is 5.02 Å². The Morgan fingerprint density at radius 1 is 0.907 bits per heavy atom. The molecule has 6 rings (SSSR count). The molecule has 43 heavy (non-hydrogen) atoms. The number of para-hydroxylation sites is 1. The number of nitrogens with one attached hydrogen (secondary N) is 1. The van der Waals surface area contributed by atoms with E-state index in [2.05, 4.69) is 15.1 Å². The van der Waals surface area contributed by atoms with E-state index >= 15 is 0 Å². The smallest absolute Gasteiger partial charge is 0.272 e. The van der Waals surface area contributed by atoms with Gasteiger partial charge in [0.05, 0.1) is 23.0 Å². The molecular weight excluding hydrogens is 556 g/mol. The minimum atomic E-state index is -0.296. The number of benzene rings is 4. The lowest BCUT2D eigenvalue weighted by molar-refractivity contribution is 0.0956. The molecule has 0 unspecified atom stereocenters. The Labute approximate surface area is 255 Å². The van der Waals surface area contributed by atoms with Crippen molar-refractivity contribution >= 4 is 34.6 Å². The highest BCUT2D eigenvalue weighted by Crippen LogP contribution is 2.26. The van der Waals surface area contributed by atoms with E-state index in [0.717, 1.165) is 56.1 Å². The predicted octanol–water partition coefficient (Wildman–Crippen LogP) is 8.31. The lowest BCUT2D eigenvalue weighted by atomic mass is 10.0. The number of rotatable bonds is 8. The van der Waals surface area contributed by atoms with E-state index in [4.69, 9.17) is 21.3 Å². The van der Waals surface area contributed by atoms with E-state index in [9.17, 15) is 4.79 Å². The molecule has 0 atom stereocenters. The molecule has 0 saturated carbocycles. The van der Waals surface area contributed by atoms with Crippen LogP contribution in [0, 0.1) is 13.8 Å². The first-order chi connectivity index (χ1) is 21.0. The number of nitrogens with zero attached hydrogens (tertiary/aromatic N) is 3. The summed E-state index contributed by atoms with van der Waals surface area (Å²) < 4.78 is 8.09. The number of carbonyl (C=O) groups excluding carboxylic acids is 1. The van der Waals surface area contributed by atoms with Crippen LogP contribution in [0.4, 0.5) is 0 Å². The SMILES string of the molecule is Cc1cc(/C=N\NC(=O)c2cc(-c3ccccc3)nc3ccccc23)c(C)n1-c1ccc(OCc2ccc(Cl)cc2)cc1. The van der Waals surface area contributed by atoms with Crippen molar-refractivity contribution in [2.24, 2.45) is 5.10 Å². The van der Waals surface area contributed by atoms with Crippen LogP contribution in [0.5, 0.6) is 5.75 Å². The molecule has 1 N–H and O–H groups in total. The number of carbonyl (C=O) groups is 1. The van der Waals surface area contributed by atoms with Gasteiger partial charge in [0.2, 0.25) is 0 Å². The average Bonchev–Trinajstić information content (AvgIpc) is 3.32. The second kappa shape index (κ2) is 12.3. The molecule has 2 aromatic heterocycles. The first-order valence-corrected chi connectivity index (χ1v) is 14.3. The maximum absolute atomic E-state index is 13.3. The summed E-state index contributed by atoms with van der Waals surface area (Å²) in [6, 6.07) is 36.9. The summed E-state index contributed by atoms with van der Waals surface area (Å²) in [5, 5.41) is 5.80. The van der Waals surface area contributed by atoms with E-state index in [-0.39, 0.29) is 5.91 Å². The molecule has 0 aliphatic rings. The van der Waals surface area contributed by atoms with Crippen molar-refractivity contribution in [3.05, 3.63) is 148 Å². The number of amides is 1. The predicted molar refractivity (Wildman–Crippen MR) is 173 cm³/mol. The second-order valence-corrected chi connectivity index (χ2v) is 10.6. The van der Waals surface area contributed by atoms with E-state index in [1.54, 1.807) is 6.21 Å². The van der Waals surface area contributed by atoms with Crippen LogP contribution in [-0.2, 0) is 6.61 Å². The van der Waals surface area contributed by atoms with Crippen LogP contribution in [0.25, 0.3) is 27.8 Å². The van der Waals surface area contributed by atoms with E-state index < -0.39 is 0 Å². The highest BCUT2D eigenvalue weighted by atomic mass is 35.5. The maximum atomic E-state index is 13.3. The number of halogens is 1. The average molecular weight is 585 g/mol. The summed E-state index contributed by atoms with van der Waals surface area (Å²) in [5.41, 5.74) is 10.7. The van der Waals surface area contributed by atoms with Crippen molar-refractivity contribution < 1.29 is 9.53 Å². The van der Waals surface area contributed by atoms with Gasteiger partial charge in [-0.25, -0.2) is 10.4 Å². The number of hydrogen-bond acceptors (Lipinski definition) is 4. The van der Waals surface area contributed by atoms with E-state index in [0.29, 0.717) is 17.2 Å². The summed E-state index contributed by atoms with van der Waals surface area (Å²) in [7, 11) is 0. The molecule has 0 spiro atoms. The fourth-order valence-corrected chi connectivity index (χ4v) is 5.22. The van der Waals surface area contributed by atoms with Gasteiger partial charge in [-0.15, -0.1) is 0 Å². The van der Waals surface area contributed by atoms with Crippen LogP contribution in [0.1, 0.15) is 32.9 Å². The Morgan fingerprint density at radius 3 is 2.40 bits per heavy atom. The third-order valence-electron chi connectivity index (χ3n) is 7.28. The Kier molecular flexibility index (Phi) is 8.03. The van der Waals surface area contributed by atoms with Crippen molar-refractivity contribution in [2.45, 2.75) is 20.5 Å². The summed E-state index contributed by atoms with van der Waals surface area (Å²) >= 11 is 5.97. The Bertz CT molecular complexity index is 1930. The van der Waals surface area contributed by atoms with Gasteiger partial charge in [0.25, 0.3) is 5.91 Å². The molecule has 0 radical (unpaired) electrons. The Balaban J connectivity index is 1.17. The van der Waals surface area contributed by atoms with Crippen LogP contribution < -0.4 is 10.2 Å². The third kappa shape index (κ3) is 6.20. The fourth-order valence-electron chi connectivity index (χ4n) is 5.10. The Morgan fingerprint density at radius 2 is 1.63 bits per heavy atom. The molecule has 6 nitrogen and oxygen atoms in total. The molecule has 0 aliphatic heterocycles. The minimum Gasteiger partial charge on any atom is -0.489 e. The Hall–Kier alpha value is -5.20. The minimum absolute atomic E-state index is 0.296. The highest BCUT2D eigenvalue weighted by Gasteiger charge is 2.14. The van der Waals surface area contributed by atoms with Gasteiger partial charge < -0.3 is 9.30 Å². The van der Waals surface area contributed by atoms with Crippen LogP contribution in [0.3, 0.4) is 0 Å². The molecule has 4 aromatic carbocycles. The quantitative estimate of drug-likeness (QED) is 0.144. The van der Waals surface area contributed by atoms with Crippen molar-refractivity contribution in [1.29, 1.82) is 0 Å².